The number of nitrogens with one attached hydrogen (secondary N) is 2. The molecule has 0 saturated carbocycles. The highest BCUT2D eigenvalue weighted by Gasteiger charge is 2.53. The van der Waals surface area contributed by atoms with E-state index in [-0.39, 0.29) is 0 Å². The number of nitrogens with zero attached hydrogens (tertiary/aromatic N) is 8. The Morgan fingerprint density at radius 3 is 1.58 bits per heavy atom. The second kappa shape index (κ2) is 12.6. The van der Waals surface area contributed by atoms with Gasteiger partial charge in [0.1, 0.15) is 49.3 Å². The first-order valence-electron chi connectivity index (χ1n) is 14.5. The summed E-state index contributed by atoms with van der Waals surface area (Å²) in [6.45, 7) is -8.88. The van der Waals surface area contributed by atoms with Crippen LogP contribution in [0.4, 0.5) is 11.6 Å². The zero-order chi connectivity index (χ0) is 33.2. The van der Waals surface area contributed by atoms with E-state index in [1.807, 2.05) is 12.2 Å². The number of hydrogen-bond acceptors (Lipinski definition) is 18. The summed E-state index contributed by atoms with van der Waals surface area (Å²) in [7, 11) is 0. The quantitative estimate of drug-likeness (QED) is 0.0849. The molecule has 3 saturated heterocycles. The van der Waals surface area contributed by atoms with Crippen LogP contribution in [0.25, 0.3) is 22.3 Å². The van der Waals surface area contributed by atoms with Crippen LogP contribution in [0.5, 0.6) is 0 Å². The summed E-state index contributed by atoms with van der Waals surface area (Å²) in [4.78, 5) is 26.2. The monoisotopic (exact) mass is 742 g/mol. The Balaban J connectivity index is 1.25. The molecule has 5 aliphatic rings. The predicted octanol–water partition coefficient (Wildman–Crippen LogP) is 1.47. The van der Waals surface area contributed by atoms with Gasteiger partial charge in [0.15, 0.2) is 46.4 Å². The minimum Gasteiger partial charge on any atom is -0.387 e. The van der Waals surface area contributed by atoms with E-state index >= 15 is 0 Å². The first kappa shape index (κ1) is 32.5. The number of anilines is 2. The maximum absolute atomic E-state index is 13.6. The first-order chi connectivity index (χ1) is 23.1. The van der Waals surface area contributed by atoms with E-state index in [1.165, 1.54) is 34.4 Å². The highest BCUT2D eigenvalue weighted by Crippen LogP contribution is 2.60. The van der Waals surface area contributed by atoms with E-state index < -0.39 is 75.9 Å². The number of ether oxygens (including phenoxy) is 2. The zero-order valence-corrected chi connectivity index (χ0v) is 28.0. The van der Waals surface area contributed by atoms with Crippen LogP contribution < -0.4 is 10.6 Å². The molecule has 48 heavy (non-hydrogen) atoms. The second-order valence-electron chi connectivity index (χ2n) is 11.1. The Hall–Kier alpha value is -2.72. The van der Waals surface area contributed by atoms with Gasteiger partial charge in [0.2, 0.25) is 0 Å². The lowest BCUT2D eigenvalue weighted by molar-refractivity contribution is -0.0584. The van der Waals surface area contributed by atoms with Gasteiger partial charge < -0.3 is 30.3 Å². The third kappa shape index (κ3) is 5.92. The molecule has 0 radical (unpaired) electrons. The summed E-state index contributed by atoms with van der Waals surface area (Å²) in [6, 6.07) is 0. The van der Waals surface area contributed by atoms with Gasteiger partial charge in [-0.1, -0.05) is 36.6 Å². The molecule has 5 aliphatic heterocycles. The van der Waals surface area contributed by atoms with Crippen LogP contribution in [-0.4, -0.2) is 112 Å². The second-order valence-corrected chi connectivity index (χ2v) is 16.9. The van der Waals surface area contributed by atoms with Crippen molar-refractivity contribution in [3.05, 3.63) is 37.5 Å². The van der Waals surface area contributed by atoms with Crippen LogP contribution in [0, 0.1) is 0 Å². The summed E-state index contributed by atoms with van der Waals surface area (Å²) in [6.07, 6.45) is -1.38. The fraction of sp³-hybridized carbons (Fsp3) is 0.500. The molecule has 256 valence electrons. The van der Waals surface area contributed by atoms with Gasteiger partial charge in [-0.25, -0.2) is 39.0 Å². The molecule has 10 atom stereocenters. The average Bonchev–Trinajstić information content (AvgIpc) is 3.81. The fourth-order valence-corrected chi connectivity index (χ4v) is 8.82. The van der Waals surface area contributed by atoms with Gasteiger partial charge in [-0.05, 0) is 0 Å². The average molecular weight is 743 g/mol. The molecular formula is C24H28N10O10P2S2. The number of aromatic nitrogens is 8. The zero-order valence-electron chi connectivity index (χ0n) is 24.4. The highest BCUT2D eigenvalue weighted by atomic mass is 32.7. The van der Waals surface area contributed by atoms with Crippen LogP contribution in [0.2, 0.25) is 0 Å². The minimum atomic E-state index is -4.30. The number of thiol groups is 2. The molecule has 9 heterocycles. The van der Waals surface area contributed by atoms with Crippen molar-refractivity contribution in [3.8, 4) is 0 Å². The van der Waals surface area contributed by atoms with Crippen LogP contribution in [0.1, 0.15) is 12.5 Å². The molecule has 0 aromatic carbocycles. The SMILES string of the molecule is O=P1(S)OCC2OC3[C@H](OP(=O)(S)OCC4O[C@H]([C@H](O1)[C@@H]4O)n1cnc4c(ncnc41)NC/C=C/CNc1ncnc4c1ncn43)[C@@H]2O. The van der Waals surface area contributed by atoms with Gasteiger partial charge >= 0.3 is 13.6 Å². The van der Waals surface area contributed by atoms with Gasteiger partial charge in [-0.3, -0.25) is 27.2 Å². The normalized spacial score (nSPS) is 38.0. The fourth-order valence-electron chi connectivity index (χ4n) is 5.90. The van der Waals surface area contributed by atoms with Gasteiger partial charge in [0.05, 0.1) is 25.9 Å². The van der Waals surface area contributed by atoms with Crippen molar-refractivity contribution in [3.63, 3.8) is 0 Å². The molecule has 4 aromatic rings. The largest absolute Gasteiger partial charge is 0.387 e. The van der Waals surface area contributed by atoms with Crippen molar-refractivity contribution >= 4 is 72.1 Å². The lowest BCUT2D eigenvalue weighted by Crippen LogP contribution is -2.37. The van der Waals surface area contributed by atoms with E-state index in [2.05, 4.69) is 65.0 Å². The minimum absolute atomic E-state index is 0.298. The summed E-state index contributed by atoms with van der Waals surface area (Å²) >= 11 is 8.31. The van der Waals surface area contributed by atoms with Gasteiger partial charge in [0, 0.05) is 13.1 Å². The van der Waals surface area contributed by atoms with Crippen molar-refractivity contribution in [1.29, 1.82) is 0 Å². The summed E-state index contributed by atoms with van der Waals surface area (Å²) in [5.74, 6) is 0.825. The van der Waals surface area contributed by atoms with Crippen molar-refractivity contribution in [2.75, 3.05) is 36.9 Å². The number of fused-ring (bicyclic) bond motifs is 10. The number of hydrogen-bond donors (Lipinski definition) is 6. The Morgan fingerprint density at radius 2 is 1.15 bits per heavy atom. The van der Waals surface area contributed by atoms with E-state index in [0.29, 0.717) is 47.1 Å². The summed E-state index contributed by atoms with van der Waals surface area (Å²) in [5, 5.41) is 29.1. The Morgan fingerprint density at radius 1 is 0.708 bits per heavy atom. The lowest BCUT2D eigenvalue weighted by atomic mass is 10.1. The molecule has 4 aromatic heterocycles. The van der Waals surface area contributed by atoms with Crippen LogP contribution in [0.15, 0.2) is 37.5 Å². The van der Waals surface area contributed by atoms with Gasteiger partial charge in [-0.15, -0.1) is 0 Å². The number of imidazole rings is 2. The maximum atomic E-state index is 13.6. The molecule has 24 heteroatoms. The maximum Gasteiger partial charge on any atom is 0.386 e. The van der Waals surface area contributed by atoms with Crippen LogP contribution in [0.3, 0.4) is 0 Å². The third-order valence-corrected chi connectivity index (χ3v) is 11.4. The molecule has 5 unspecified atom stereocenters. The van der Waals surface area contributed by atoms with E-state index in [9.17, 15) is 19.3 Å². The molecule has 14 bridgehead atoms. The van der Waals surface area contributed by atoms with Crippen LogP contribution in [-0.2, 0) is 36.7 Å². The van der Waals surface area contributed by atoms with Crippen molar-refractivity contribution in [1.82, 2.24) is 39.0 Å². The third-order valence-electron chi connectivity index (χ3n) is 8.15. The van der Waals surface area contributed by atoms with E-state index in [4.69, 9.17) is 27.6 Å². The lowest BCUT2D eigenvalue weighted by Gasteiger charge is -2.26. The molecule has 20 nitrogen and oxygen atoms in total. The highest BCUT2D eigenvalue weighted by molar-refractivity contribution is 8.44. The smallest absolute Gasteiger partial charge is 0.386 e. The topological polar surface area (TPSA) is 241 Å². The summed E-state index contributed by atoms with van der Waals surface area (Å²) < 4.78 is 65.3. The Kier molecular flexibility index (Phi) is 8.50. The molecule has 4 N–H and O–H groups in total. The predicted molar refractivity (Wildman–Crippen MR) is 171 cm³/mol. The van der Waals surface area contributed by atoms with Gasteiger partial charge in [0.25, 0.3) is 0 Å². The molecule has 0 amide bonds. The van der Waals surface area contributed by atoms with Crippen LogP contribution >= 0.6 is 38.1 Å². The molecular weight excluding hydrogens is 714 g/mol. The molecule has 0 spiro atoms. The number of aliphatic hydroxyl groups excluding tert-OH is 2. The number of rotatable bonds is 0. The molecule has 0 aliphatic carbocycles. The standard InChI is InChI=1S/C24H28N10O10P2S2/c35-15-11-5-39-46(38,48)44-18-16(36)12-6-40-45(37,47)43-17(15)23(41-11)33-9-31-13-19(27-7-29-21(13)33)25-3-1-2-4-26-20-14-22(30-8-28-20)34(10-32-14)24(18)42-12/h1-2,7-12,15-18,23-24,35-36H,3-6H2,(H,37,47)(H,38,48)(H,25,27,29)(H,26,28,30)/b2-1+/t11?,12?,15-,16-,17-,18-,23-,24?,45?,46?/m1/s1. The summed E-state index contributed by atoms with van der Waals surface area (Å²) in [5.41, 5.74) is 1.34. The molecule has 3 fully saturated rings. The number of aliphatic hydroxyl groups is 2. The first-order valence-corrected chi connectivity index (χ1v) is 19.9. The Labute approximate surface area is 281 Å². The Bertz CT molecular complexity index is 1850. The van der Waals surface area contributed by atoms with E-state index in [1.54, 1.807) is 0 Å². The molecule has 9 rings (SSSR count). The van der Waals surface area contributed by atoms with Crippen molar-refractivity contribution < 1.29 is 46.9 Å². The van der Waals surface area contributed by atoms with Crippen molar-refractivity contribution in [2.24, 2.45) is 0 Å². The van der Waals surface area contributed by atoms with Crippen molar-refractivity contribution in [2.45, 2.75) is 49.1 Å². The van der Waals surface area contributed by atoms with E-state index in [0.717, 1.165) is 0 Å². The van der Waals surface area contributed by atoms with Gasteiger partial charge in [-0.2, -0.15) is 0 Å².